The van der Waals surface area contributed by atoms with Crippen molar-refractivity contribution in [3.8, 4) is 0 Å². The van der Waals surface area contributed by atoms with Gasteiger partial charge in [-0.3, -0.25) is 4.90 Å². The number of hydrogen-bond donors (Lipinski definition) is 1. The van der Waals surface area contributed by atoms with Crippen LogP contribution in [0.15, 0.2) is 37.1 Å². The van der Waals surface area contributed by atoms with Crippen LogP contribution in [0.2, 0.25) is 0 Å². The van der Waals surface area contributed by atoms with E-state index in [0.29, 0.717) is 24.7 Å². The first-order chi connectivity index (χ1) is 12.4. The number of carbonyl (C=O) groups excluding carboxylic acids is 2. The van der Waals surface area contributed by atoms with E-state index in [9.17, 15) is 9.59 Å². The van der Waals surface area contributed by atoms with E-state index >= 15 is 0 Å². The highest BCUT2D eigenvalue weighted by Crippen LogP contribution is 2.41. The zero-order chi connectivity index (χ0) is 20.8. The minimum Gasteiger partial charge on any atom is -0.449 e. The normalized spacial score (nSPS) is 24.8. The molecule has 0 aromatic carbocycles. The average molecular weight is 379 g/mol. The zero-order valence-electron chi connectivity index (χ0n) is 17.5. The maximum absolute atomic E-state index is 11.2. The fourth-order valence-corrected chi connectivity index (χ4v) is 2.23. The van der Waals surface area contributed by atoms with Gasteiger partial charge in [0.25, 0.3) is 0 Å². The third-order valence-electron chi connectivity index (χ3n) is 3.85. The number of allylic oxidation sites excluding steroid dienone is 2. The smallest absolute Gasteiger partial charge is 0.414 e. The molecule has 152 valence electrons. The van der Waals surface area contributed by atoms with Crippen LogP contribution < -0.4 is 5.32 Å². The molecule has 3 heterocycles. The molecule has 0 saturated carbocycles. The molecule has 0 spiro atoms. The van der Waals surface area contributed by atoms with E-state index in [-0.39, 0.29) is 23.6 Å². The molecule has 3 saturated heterocycles. The molecule has 0 radical (unpaired) electrons. The first-order valence-corrected chi connectivity index (χ1v) is 9.26. The zero-order valence-corrected chi connectivity index (χ0v) is 17.5. The van der Waals surface area contributed by atoms with Crippen LogP contribution >= 0.6 is 0 Å². The van der Waals surface area contributed by atoms with Gasteiger partial charge >= 0.3 is 12.2 Å². The lowest BCUT2D eigenvalue weighted by atomic mass is 9.96. The summed E-state index contributed by atoms with van der Waals surface area (Å²) in [6.07, 6.45) is 6.16. The van der Waals surface area contributed by atoms with E-state index < -0.39 is 0 Å². The van der Waals surface area contributed by atoms with Crippen molar-refractivity contribution in [3.05, 3.63) is 37.1 Å². The highest BCUT2D eigenvalue weighted by Gasteiger charge is 2.49. The quantitative estimate of drug-likeness (QED) is 0.533. The second-order valence-electron chi connectivity index (χ2n) is 8.88. The monoisotopic (exact) mass is 378 g/mol. The number of amides is 2. The van der Waals surface area contributed by atoms with Crippen LogP contribution in [-0.4, -0.2) is 42.4 Å². The topological polar surface area (TPSA) is 67.6 Å². The van der Waals surface area contributed by atoms with Gasteiger partial charge in [0.15, 0.2) is 0 Å². The van der Waals surface area contributed by atoms with Gasteiger partial charge in [-0.1, -0.05) is 59.8 Å². The summed E-state index contributed by atoms with van der Waals surface area (Å²) in [7, 11) is 0. The Bertz CT molecular complexity index is 596. The van der Waals surface area contributed by atoms with Crippen LogP contribution in [0.3, 0.4) is 0 Å². The van der Waals surface area contributed by atoms with Crippen molar-refractivity contribution in [3.63, 3.8) is 0 Å². The standard InChI is InChI=1S/C10H15NO2.C6H12.C5H7NO2/c1-10(2,3)6-8-7-4-5-13-9(12)11(7)8;1-5-6(2,3)4;1-2-4-3-8-5(7)6-4/h6-7H,4-5H2,1-3H3;5H,1H2,2-4H3;2,4H,1,3H2,(H,6,7)/b8-6+;;. The van der Waals surface area contributed by atoms with Crippen molar-refractivity contribution in [2.75, 3.05) is 13.2 Å². The van der Waals surface area contributed by atoms with E-state index in [4.69, 9.17) is 4.74 Å². The Morgan fingerprint density at radius 2 is 1.67 bits per heavy atom. The molecule has 0 aliphatic carbocycles. The molecular weight excluding hydrogens is 344 g/mol. The summed E-state index contributed by atoms with van der Waals surface area (Å²) in [4.78, 5) is 23.2. The number of fused-ring (bicyclic) bond motifs is 1. The van der Waals surface area contributed by atoms with E-state index in [0.717, 1.165) is 12.1 Å². The van der Waals surface area contributed by atoms with Gasteiger partial charge in [0.05, 0.1) is 18.7 Å². The molecular formula is C21H34N2O4. The molecule has 0 aromatic heterocycles. The largest absolute Gasteiger partial charge is 0.449 e. The number of cyclic esters (lactones) is 2. The first kappa shape index (κ1) is 22.8. The highest BCUT2D eigenvalue weighted by molar-refractivity contribution is 5.77. The number of carbonyl (C=O) groups is 2. The maximum Gasteiger partial charge on any atom is 0.414 e. The maximum atomic E-state index is 11.2. The predicted octanol–water partition coefficient (Wildman–Crippen LogP) is 4.64. The second-order valence-corrected chi connectivity index (χ2v) is 8.88. The Balaban J connectivity index is 0.000000224. The first-order valence-electron chi connectivity index (χ1n) is 9.26. The van der Waals surface area contributed by atoms with E-state index in [1.54, 1.807) is 11.0 Å². The van der Waals surface area contributed by atoms with Crippen LogP contribution in [0.4, 0.5) is 9.59 Å². The summed E-state index contributed by atoms with van der Waals surface area (Å²) in [6, 6.07) is 0.364. The minimum atomic E-state index is -0.352. The molecule has 0 aromatic rings. The summed E-state index contributed by atoms with van der Waals surface area (Å²) < 4.78 is 9.46. The van der Waals surface area contributed by atoms with Crippen LogP contribution in [-0.2, 0) is 9.47 Å². The fraction of sp³-hybridized carbons (Fsp3) is 0.619. The second kappa shape index (κ2) is 9.11. The number of nitrogens with zero attached hydrogens (tertiary/aromatic N) is 1. The Kier molecular flexibility index (Phi) is 7.69. The fourth-order valence-electron chi connectivity index (χ4n) is 2.23. The lowest BCUT2D eigenvalue weighted by Crippen LogP contribution is -2.23. The van der Waals surface area contributed by atoms with Gasteiger partial charge in [-0.25, -0.2) is 9.59 Å². The van der Waals surface area contributed by atoms with Gasteiger partial charge in [0.2, 0.25) is 0 Å². The molecule has 0 bridgehead atoms. The van der Waals surface area contributed by atoms with E-state index in [1.165, 1.54) is 0 Å². The number of alkyl carbamates (subject to hydrolysis) is 1. The van der Waals surface area contributed by atoms with Gasteiger partial charge in [-0.05, 0) is 10.8 Å². The lowest BCUT2D eigenvalue weighted by Gasteiger charge is -2.10. The van der Waals surface area contributed by atoms with Gasteiger partial charge < -0.3 is 14.8 Å². The lowest BCUT2D eigenvalue weighted by molar-refractivity contribution is 0.111. The molecule has 6 heteroatoms. The number of hydrogen-bond acceptors (Lipinski definition) is 4. The molecule has 3 aliphatic rings. The summed E-state index contributed by atoms with van der Waals surface area (Å²) in [5.41, 5.74) is 1.60. The van der Waals surface area contributed by atoms with Crippen LogP contribution in [0.25, 0.3) is 0 Å². The van der Waals surface area contributed by atoms with Crippen molar-refractivity contribution in [1.82, 2.24) is 10.2 Å². The summed E-state index contributed by atoms with van der Waals surface area (Å²) in [5.74, 6) is 0. The minimum absolute atomic E-state index is 0.0162. The number of rotatable bonds is 1. The van der Waals surface area contributed by atoms with Crippen molar-refractivity contribution >= 4 is 12.2 Å². The Labute approximate surface area is 163 Å². The average Bonchev–Trinajstić information content (AvgIpc) is 3.06. The molecule has 6 nitrogen and oxygen atoms in total. The van der Waals surface area contributed by atoms with Crippen molar-refractivity contribution in [1.29, 1.82) is 0 Å². The van der Waals surface area contributed by atoms with Gasteiger partial charge in [0.1, 0.15) is 6.61 Å². The Morgan fingerprint density at radius 1 is 1.07 bits per heavy atom. The third-order valence-corrected chi connectivity index (χ3v) is 3.85. The van der Waals surface area contributed by atoms with E-state index in [2.05, 4.69) is 70.8 Å². The Hall–Kier alpha value is -2.24. The molecule has 2 amide bonds. The van der Waals surface area contributed by atoms with Crippen molar-refractivity contribution in [2.24, 2.45) is 10.8 Å². The molecule has 27 heavy (non-hydrogen) atoms. The molecule has 3 fully saturated rings. The van der Waals surface area contributed by atoms with Gasteiger partial charge in [0, 0.05) is 12.1 Å². The van der Waals surface area contributed by atoms with Gasteiger partial charge in [-0.15, -0.1) is 13.2 Å². The van der Waals surface area contributed by atoms with Crippen molar-refractivity contribution < 1.29 is 19.1 Å². The molecule has 2 unspecified atom stereocenters. The summed E-state index contributed by atoms with van der Waals surface area (Å²) in [5, 5.41) is 2.52. The SMILES string of the molecule is C=CC(C)(C)C.C=CC1COC(=O)N1.CC(C)(C)/C=C1\C2CCOC(=O)N12. The van der Waals surface area contributed by atoms with Crippen LogP contribution in [0.5, 0.6) is 0 Å². The van der Waals surface area contributed by atoms with Crippen LogP contribution in [0, 0.1) is 10.8 Å². The van der Waals surface area contributed by atoms with Gasteiger partial charge in [-0.2, -0.15) is 0 Å². The van der Waals surface area contributed by atoms with Crippen LogP contribution in [0.1, 0.15) is 48.0 Å². The third kappa shape index (κ3) is 8.33. The number of nitrogens with one attached hydrogen (secondary N) is 1. The number of ether oxygens (including phenoxy) is 2. The molecule has 1 N–H and O–H groups in total. The molecule has 2 atom stereocenters. The molecule has 3 aliphatic heterocycles. The predicted molar refractivity (Wildman–Crippen MR) is 107 cm³/mol. The summed E-state index contributed by atoms with van der Waals surface area (Å²) in [6.45, 7) is 20.9. The Morgan fingerprint density at radius 3 is 2.00 bits per heavy atom. The summed E-state index contributed by atoms with van der Waals surface area (Å²) >= 11 is 0. The highest BCUT2D eigenvalue weighted by atomic mass is 16.6. The molecule has 3 rings (SSSR count). The van der Waals surface area contributed by atoms with Crippen molar-refractivity contribution in [2.45, 2.75) is 60.0 Å². The van der Waals surface area contributed by atoms with E-state index in [1.807, 2.05) is 6.08 Å².